The van der Waals surface area contributed by atoms with E-state index >= 15 is 0 Å². The minimum atomic E-state index is 0.760. The molecule has 0 aliphatic rings. The quantitative estimate of drug-likeness (QED) is 0.525. The number of hydrogen-bond donors (Lipinski definition) is 0. The second kappa shape index (κ2) is 7.66. The Morgan fingerprint density at radius 2 is 1.54 bits per heavy atom. The van der Waals surface area contributed by atoms with Crippen molar-refractivity contribution < 1.29 is 0 Å². The summed E-state index contributed by atoms with van der Waals surface area (Å²) in [4.78, 5) is 0. The maximum Gasteiger partial charge on any atom is 0.139 e. The van der Waals surface area contributed by atoms with Crippen LogP contribution in [0.15, 0.2) is 91.5 Å². The van der Waals surface area contributed by atoms with Crippen molar-refractivity contribution in [3.05, 3.63) is 103 Å². The maximum atomic E-state index is 3.96. The SMILES string of the molecule is C(=C\c1ccccc1)/CN(Cc1cccc2ccccc12)n1cnnc1. The molecule has 0 unspecified atom stereocenters. The lowest BCUT2D eigenvalue weighted by Crippen LogP contribution is -2.33. The van der Waals surface area contributed by atoms with Crippen molar-refractivity contribution in [1.82, 2.24) is 14.9 Å². The Hall–Kier alpha value is -3.40. The van der Waals surface area contributed by atoms with Crippen LogP contribution in [-0.2, 0) is 6.54 Å². The van der Waals surface area contributed by atoms with Gasteiger partial charge in [0.25, 0.3) is 0 Å². The first-order chi connectivity index (χ1) is 12.9. The van der Waals surface area contributed by atoms with Gasteiger partial charge >= 0.3 is 0 Å². The molecule has 0 saturated carbocycles. The Balaban J connectivity index is 1.59. The Bertz CT molecular complexity index is 986. The fourth-order valence-electron chi connectivity index (χ4n) is 3.08. The van der Waals surface area contributed by atoms with E-state index in [0.717, 1.165) is 13.1 Å². The van der Waals surface area contributed by atoms with Gasteiger partial charge in [-0.25, -0.2) is 4.68 Å². The van der Waals surface area contributed by atoms with Crippen LogP contribution in [0, 0.1) is 0 Å². The van der Waals surface area contributed by atoms with Crippen molar-refractivity contribution in [3.63, 3.8) is 0 Å². The minimum absolute atomic E-state index is 0.760. The molecule has 26 heavy (non-hydrogen) atoms. The molecule has 4 aromatic rings. The molecule has 4 heteroatoms. The Labute approximate surface area is 153 Å². The molecule has 0 atom stereocenters. The standard InChI is InChI=1S/C22H20N4/c1-2-8-19(9-3-1)10-7-15-25(26-17-23-24-18-26)16-21-13-6-12-20-11-4-5-14-22(20)21/h1-14,17-18H,15-16H2/b10-7+. The Morgan fingerprint density at radius 1 is 0.808 bits per heavy atom. The summed E-state index contributed by atoms with van der Waals surface area (Å²) >= 11 is 0. The fraction of sp³-hybridized carbons (Fsp3) is 0.0909. The Kier molecular flexibility index (Phi) is 4.74. The van der Waals surface area contributed by atoms with Gasteiger partial charge in [0.2, 0.25) is 0 Å². The van der Waals surface area contributed by atoms with Gasteiger partial charge in [-0.15, -0.1) is 10.2 Å². The van der Waals surface area contributed by atoms with E-state index in [1.54, 1.807) is 12.7 Å². The molecule has 0 fully saturated rings. The Morgan fingerprint density at radius 3 is 2.38 bits per heavy atom. The van der Waals surface area contributed by atoms with Crippen LogP contribution < -0.4 is 5.01 Å². The molecule has 4 nitrogen and oxygen atoms in total. The monoisotopic (exact) mass is 340 g/mol. The van der Waals surface area contributed by atoms with E-state index in [2.05, 4.69) is 82.0 Å². The lowest BCUT2D eigenvalue weighted by molar-refractivity contribution is 0.615. The zero-order valence-electron chi connectivity index (χ0n) is 14.4. The van der Waals surface area contributed by atoms with Crippen LogP contribution in [0.2, 0.25) is 0 Å². The minimum Gasteiger partial charge on any atom is -0.302 e. The second-order valence-electron chi connectivity index (χ2n) is 6.14. The first-order valence-electron chi connectivity index (χ1n) is 8.68. The van der Waals surface area contributed by atoms with E-state index in [1.807, 2.05) is 22.9 Å². The van der Waals surface area contributed by atoms with Crippen molar-refractivity contribution in [2.75, 3.05) is 11.6 Å². The average molecular weight is 340 g/mol. The van der Waals surface area contributed by atoms with Gasteiger partial charge in [0.05, 0.1) is 13.1 Å². The smallest absolute Gasteiger partial charge is 0.139 e. The van der Waals surface area contributed by atoms with E-state index in [1.165, 1.54) is 21.9 Å². The number of aromatic nitrogens is 3. The zero-order valence-corrected chi connectivity index (χ0v) is 14.4. The first kappa shape index (κ1) is 16.1. The number of benzene rings is 3. The van der Waals surface area contributed by atoms with E-state index in [0.29, 0.717) is 0 Å². The third-order valence-corrected chi connectivity index (χ3v) is 4.39. The molecule has 0 aliphatic heterocycles. The molecular weight excluding hydrogens is 320 g/mol. The van der Waals surface area contributed by atoms with Gasteiger partial charge in [-0.3, -0.25) is 0 Å². The number of hydrogen-bond acceptors (Lipinski definition) is 3. The van der Waals surface area contributed by atoms with Crippen LogP contribution in [0.25, 0.3) is 16.8 Å². The molecule has 1 heterocycles. The van der Waals surface area contributed by atoms with Gasteiger partial charge in [0.15, 0.2) is 0 Å². The molecule has 4 rings (SSSR count). The van der Waals surface area contributed by atoms with Gasteiger partial charge in [-0.1, -0.05) is 84.9 Å². The molecule has 0 N–H and O–H groups in total. The largest absolute Gasteiger partial charge is 0.302 e. The number of nitrogens with zero attached hydrogens (tertiary/aromatic N) is 4. The normalized spacial score (nSPS) is 11.2. The summed E-state index contributed by atoms with van der Waals surface area (Å²) in [6.07, 6.45) is 7.78. The van der Waals surface area contributed by atoms with Crippen molar-refractivity contribution in [1.29, 1.82) is 0 Å². The van der Waals surface area contributed by atoms with Crippen LogP contribution in [0.1, 0.15) is 11.1 Å². The molecule has 0 saturated heterocycles. The summed E-state index contributed by atoms with van der Waals surface area (Å²) in [7, 11) is 0. The summed E-state index contributed by atoms with van der Waals surface area (Å²) in [5, 5.41) is 12.7. The van der Waals surface area contributed by atoms with E-state index in [4.69, 9.17) is 0 Å². The summed E-state index contributed by atoms with van der Waals surface area (Å²) < 4.78 is 1.94. The van der Waals surface area contributed by atoms with Crippen molar-refractivity contribution in [3.8, 4) is 0 Å². The molecular formula is C22H20N4. The van der Waals surface area contributed by atoms with Crippen molar-refractivity contribution in [2.24, 2.45) is 0 Å². The van der Waals surface area contributed by atoms with Gasteiger partial charge in [-0.2, -0.15) is 0 Å². The summed E-state index contributed by atoms with van der Waals surface area (Å²) in [6, 6.07) is 25.3. The highest BCUT2D eigenvalue weighted by Gasteiger charge is 2.08. The number of fused-ring (bicyclic) bond motifs is 1. The van der Waals surface area contributed by atoms with E-state index in [-0.39, 0.29) is 0 Å². The molecule has 0 aliphatic carbocycles. The third-order valence-electron chi connectivity index (χ3n) is 4.39. The van der Waals surface area contributed by atoms with Gasteiger partial charge < -0.3 is 5.01 Å². The number of rotatable bonds is 6. The van der Waals surface area contributed by atoms with Crippen molar-refractivity contribution in [2.45, 2.75) is 6.54 Å². The molecule has 0 bridgehead atoms. The lowest BCUT2D eigenvalue weighted by atomic mass is 10.0. The molecule has 3 aromatic carbocycles. The summed E-state index contributed by atoms with van der Waals surface area (Å²) in [5.74, 6) is 0. The zero-order chi connectivity index (χ0) is 17.6. The molecule has 0 spiro atoms. The van der Waals surface area contributed by atoms with Crippen molar-refractivity contribution >= 4 is 16.8 Å². The molecule has 128 valence electrons. The van der Waals surface area contributed by atoms with Gasteiger partial charge in [-0.05, 0) is 21.9 Å². The highest BCUT2D eigenvalue weighted by atomic mass is 15.6. The summed E-state index contributed by atoms with van der Waals surface area (Å²) in [6.45, 7) is 1.54. The van der Waals surface area contributed by atoms with Gasteiger partial charge in [0, 0.05) is 0 Å². The third kappa shape index (κ3) is 3.64. The predicted molar refractivity (Wildman–Crippen MR) is 106 cm³/mol. The summed E-state index contributed by atoms with van der Waals surface area (Å²) in [5.41, 5.74) is 2.48. The first-order valence-corrected chi connectivity index (χ1v) is 8.68. The van der Waals surface area contributed by atoms with E-state index < -0.39 is 0 Å². The van der Waals surface area contributed by atoms with E-state index in [9.17, 15) is 0 Å². The van der Waals surface area contributed by atoms with Crippen LogP contribution in [0.3, 0.4) is 0 Å². The predicted octanol–water partition coefficient (Wildman–Crippen LogP) is 4.28. The van der Waals surface area contributed by atoms with Crippen LogP contribution >= 0.6 is 0 Å². The van der Waals surface area contributed by atoms with Crippen LogP contribution in [0.5, 0.6) is 0 Å². The highest BCUT2D eigenvalue weighted by Crippen LogP contribution is 2.19. The van der Waals surface area contributed by atoms with Crippen LogP contribution in [-0.4, -0.2) is 21.4 Å². The van der Waals surface area contributed by atoms with Crippen LogP contribution in [0.4, 0.5) is 0 Å². The fourth-order valence-corrected chi connectivity index (χ4v) is 3.08. The molecule has 1 aromatic heterocycles. The lowest BCUT2D eigenvalue weighted by Gasteiger charge is -2.24. The average Bonchev–Trinajstić information content (AvgIpc) is 3.23. The topological polar surface area (TPSA) is 34.0 Å². The molecule has 0 radical (unpaired) electrons. The van der Waals surface area contributed by atoms with Gasteiger partial charge in [0.1, 0.15) is 12.7 Å². The highest BCUT2D eigenvalue weighted by molar-refractivity contribution is 5.85. The second-order valence-corrected chi connectivity index (χ2v) is 6.14. The molecule has 0 amide bonds. The maximum absolute atomic E-state index is 3.96.